The monoisotopic (exact) mass is 421 g/mol. The number of halogens is 1. The van der Waals surface area contributed by atoms with E-state index in [-0.39, 0.29) is 16.7 Å². The van der Waals surface area contributed by atoms with Gasteiger partial charge in [0.15, 0.2) is 0 Å². The van der Waals surface area contributed by atoms with Crippen molar-refractivity contribution in [3.8, 4) is 0 Å². The first-order valence-electron chi connectivity index (χ1n) is 9.94. The van der Waals surface area contributed by atoms with Gasteiger partial charge in [-0.2, -0.15) is 0 Å². The van der Waals surface area contributed by atoms with Gasteiger partial charge >= 0.3 is 0 Å². The van der Waals surface area contributed by atoms with Gasteiger partial charge in [0.2, 0.25) is 15.0 Å². The Morgan fingerprint density at radius 2 is 2.07 bits per heavy atom. The SMILES string of the molecule is CCCCn1c(CN(C)CCc2nc3ccc(F)cc3[nH]2)cnc1S(=O)(=O)CC. The molecular weight excluding hydrogens is 393 g/mol. The highest BCUT2D eigenvalue weighted by molar-refractivity contribution is 7.91. The van der Waals surface area contributed by atoms with Gasteiger partial charge in [0, 0.05) is 26.1 Å². The summed E-state index contributed by atoms with van der Waals surface area (Å²) in [5.74, 6) is 0.548. The van der Waals surface area contributed by atoms with Crippen LogP contribution in [0.25, 0.3) is 11.0 Å². The van der Waals surface area contributed by atoms with Crippen molar-refractivity contribution in [2.45, 2.75) is 51.4 Å². The minimum absolute atomic E-state index is 0.0397. The van der Waals surface area contributed by atoms with E-state index in [0.29, 0.717) is 25.0 Å². The van der Waals surface area contributed by atoms with Crippen LogP contribution in [-0.4, -0.2) is 52.2 Å². The van der Waals surface area contributed by atoms with E-state index in [1.165, 1.54) is 12.1 Å². The van der Waals surface area contributed by atoms with Gasteiger partial charge in [-0.1, -0.05) is 20.3 Å². The molecule has 0 radical (unpaired) electrons. The summed E-state index contributed by atoms with van der Waals surface area (Å²) >= 11 is 0. The average Bonchev–Trinajstić information content (AvgIpc) is 3.28. The maximum Gasteiger partial charge on any atom is 0.227 e. The van der Waals surface area contributed by atoms with E-state index in [1.807, 2.05) is 11.6 Å². The standard InChI is InChI=1S/C20H28FN5O2S/c1-4-6-10-26-16(13-22-20(26)29(27,28)5-2)14-25(3)11-9-19-23-17-8-7-15(21)12-18(17)24-19/h7-8,12-13H,4-6,9-11,14H2,1-3H3,(H,23,24). The molecule has 158 valence electrons. The normalized spacial score (nSPS) is 12.3. The molecule has 0 fully saturated rings. The van der Waals surface area contributed by atoms with Gasteiger partial charge in [-0.15, -0.1) is 0 Å². The molecule has 1 aromatic carbocycles. The van der Waals surface area contributed by atoms with E-state index in [4.69, 9.17) is 0 Å². The third kappa shape index (κ3) is 5.02. The van der Waals surface area contributed by atoms with Gasteiger partial charge in [0.1, 0.15) is 11.6 Å². The number of hydrogen-bond acceptors (Lipinski definition) is 5. The Labute approximate surface area is 170 Å². The molecule has 0 atom stereocenters. The van der Waals surface area contributed by atoms with Crippen molar-refractivity contribution < 1.29 is 12.8 Å². The van der Waals surface area contributed by atoms with Crippen molar-refractivity contribution in [2.24, 2.45) is 0 Å². The lowest BCUT2D eigenvalue weighted by Crippen LogP contribution is -2.24. The average molecular weight is 422 g/mol. The maximum atomic E-state index is 13.3. The third-order valence-corrected chi connectivity index (χ3v) is 6.59. The lowest BCUT2D eigenvalue weighted by Gasteiger charge is -2.18. The molecule has 0 saturated carbocycles. The van der Waals surface area contributed by atoms with E-state index in [0.717, 1.165) is 36.4 Å². The van der Waals surface area contributed by atoms with Crippen molar-refractivity contribution in [3.05, 3.63) is 41.7 Å². The third-order valence-electron chi connectivity index (χ3n) is 4.95. The molecule has 0 unspecified atom stereocenters. The van der Waals surface area contributed by atoms with Crippen LogP contribution in [0.1, 0.15) is 38.2 Å². The van der Waals surface area contributed by atoms with Gasteiger partial charge in [0.25, 0.3) is 0 Å². The highest BCUT2D eigenvalue weighted by Crippen LogP contribution is 2.17. The van der Waals surface area contributed by atoms with E-state index < -0.39 is 9.84 Å². The summed E-state index contributed by atoms with van der Waals surface area (Å²) in [4.78, 5) is 14.0. The van der Waals surface area contributed by atoms with Crippen molar-refractivity contribution in [3.63, 3.8) is 0 Å². The number of rotatable bonds is 10. The van der Waals surface area contributed by atoms with Gasteiger partial charge in [0.05, 0.1) is 28.7 Å². The Kier molecular flexibility index (Phi) is 6.69. The summed E-state index contributed by atoms with van der Waals surface area (Å²) in [5.41, 5.74) is 2.32. The second-order valence-corrected chi connectivity index (χ2v) is 9.45. The number of nitrogens with zero attached hydrogens (tertiary/aromatic N) is 4. The molecule has 0 spiro atoms. The molecule has 0 bridgehead atoms. The largest absolute Gasteiger partial charge is 0.342 e. The highest BCUT2D eigenvalue weighted by Gasteiger charge is 2.21. The van der Waals surface area contributed by atoms with Crippen molar-refractivity contribution in [1.82, 2.24) is 24.4 Å². The van der Waals surface area contributed by atoms with Crippen LogP contribution < -0.4 is 0 Å². The lowest BCUT2D eigenvalue weighted by atomic mass is 10.3. The molecule has 3 aromatic rings. The molecule has 7 nitrogen and oxygen atoms in total. The predicted octanol–water partition coefficient (Wildman–Crippen LogP) is 3.17. The van der Waals surface area contributed by atoms with Crippen LogP contribution in [0.2, 0.25) is 0 Å². The number of benzene rings is 1. The van der Waals surface area contributed by atoms with Crippen LogP contribution in [0.4, 0.5) is 4.39 Å². The summed E-state index contributed by atoms with van der Waals surface area (Å²) in [6.45, 7) is 5.67. The van der Waals surface area contributed by atoms with Crippen LogP contribution in [0.15, 0.2) is 29.6 Å². The molecule has 3 rings (SSSR count). The fourth-order valence-electron chi connectivity index (χ4n) is 3.26. The van der Waals surface area contributed by atoms with E-state index in [1.54, 1.807) is 19.2 Å². The molecular formula is C20H28FN5O2S. The number of hydrogen-bond donors (Lipinski definition) is 1. The summed E-state index contributed by atoms with van der Waals surface area (Å²) in [7, 11) is -1.38. The van der Waals surface area contributed by atoms with Crippen molar-refractivity contribution >= 4 is 20.9 Å². The number of sulfone groups is 1. The molecule has 2 aromatic heterocycles. The number of nitrogens with one attached hydrogen (secondary N) is 1. The van der Waals surface area contributed by atoms with E-state index in [2.05, 4.69) is 26.8 Å². The molecule has 29 heavy (non-hydrogen) atoms. The van der Waals surface area contributed by atoms with E-state index >= 15 is 0 Å². The lowest BCUT2D eigenvalue weighted by molar-refractivity contribution is 0.316. The molecule has 0 amide bonds. The second kappa shape index (κ2) is 9.04. The Bertz CT molecular complexity index is 1070. The number of unbranched alkanes of at least 4 members (excludes halogenated alkanes) is 1. The molecule has 2 heterocycles. The molecule has 0 saturated heterocycles. The number of fused-ring (bicyclic) bond motifs is 1. The summed E-state index contributed by atoms with van der Waals surface area (Å²) in [5, 5.41) is 0.163. The molecule has 1 N–H and O–H groups in total. The zero-order valence-corrected chi connectivity index (χ0v) is 18.0. The van der Waals surface area contributed by atoms with Crippen LogP contribution >= 0.6 is 0 Å². The molecule has 0 aliphatic heterocycles. The first-order chi connectivity index (χ1) is 13.8. The molecule has 9 heteroatoms. The smallest absolute Gasteiger partial charge is 0.227 e. The molecule has 0 aliphatic rings. The Morgan fingerprint density at radius 3 is 2.79 bits per heavy atom. The maximum absolute atomic E-state index is 13.3. The fourth-order valence-corrected chi connectivity index (χ4v) is 4.27. The van der Waals surface area contributed by atoms with Gasteiger partial charge in [-0.25, -0.2) is 22.8 Å². The number of aromatic amines is 1. The second-order valence-electron chi connectivity index (χ2n) is 7.27. The minimum atomic E-state index is -3.36. The van der Waals surface area contributed by atoms with E-state index in [9.17, 15) is 12.8 Å². The summed E-state index contributed by atoms with van der Waals surface area (Å²) in [6, 6.07) is 4.51. The van der Waals surface area contributed by atoms with Crippen LogP contribution in [-0.2, 0) is 29.3 Å². The topological polar surface area (TPSA) is 83.9 Å². The van der Waals surface area contributed by atoms with Gasteiger partial charge in [-0.05, 0) is 31.7 Å². The number of H-pyrrole nitrogens is 1. The zero-order valence-electron chi connectivity index (χ0n) is 17.2. The Morgan fingerprint density at radius 1 is 1.28 bits per heavy atom. The van der Waals surface area contributed by atoms with Gasteiger partial charge < -0.3 is 14.5 Å². The van der Waals surface area contributed by atoms with Crippen LogP contribution in [0.5, 0.6) is 0 Å². The quantitative estimate of drug-likeness (QED) is 0.544. The summed E-state index contributed by atoms with van der Waals surface area (Å²) < 4.78 is 39.9. The summed E-state index contributed by atoms with van der Waals surface area (Å²) in [6.07, 6.45) is 4.22. The fraction of sp³-hybridized carbons (Fsp3) is 0.500. The number of imidazole rings is 2. The van der Waals surface area contributed by atoms with Crippen molar-refractivity contribution in [1.29, 1.82) is 0 Å². The highest BCUT2D eigenvalue weighted by atomic mass is 32.2. The van der Waals surface area contributed by atoms with Crippen molar-refractivity contribution in [2.75, 3.05) is 19.3 Å². The van der Waals surface area contributed by atoms with Crippen LogP contribution in [0.3, 0.4) is 0 Å². The zero-order chi connectivity index (χ0) is 21.0. The Hall–Kier alpha value is -2.26. The molecule has 0 aliphatic carbocycles. The van der Waals surface area contributed by atoms with Gasteiger partial charge in [-0.3, -0.25) is 0 Å². The number of likely N-dealkylation sites (N-methyl/N-ethyl adjacent to an activating group) is 1. The number of aromatic nitrogens is 4. The first kappa shape index (κ1) is 21.4. The van der Waals surface area contributed by atoms with Crippen LogP contribution in [0, 0.1) is 5.82 Å². The Balaban J connectivity index is 1.69. The first-order valence-corrected chi connectivity index (χ1v) is 11.6. The predicted molar refractivity (Wildman–Crippen MR) is 111 cm³/mol. The minimum Gasteiger partial charge on any atom is -0.342 e.